The molecule has 3 aromatic rings. The van der Waals surface area contributed by atoms with E-state index in [1.54, 1.807) is 15.8 Å². The van der Waals surface area contributed by atoms with Crippen LogP contribution in [0.2, 0.25) is 0 Å². The Morgan fingerprint density at radius 2 is 2.16 bits per heavy atom. The number of aromatic nitrogens is 3. The third-order valence-corrected chi connectivity index (χ3v) is 5.51. The van der Waals surface area contributed by atoms with Crippen LogP contribution < -0.4 is 10.2 Å². The maximum atomic E-state index is 12.7. The summed E-state index contributed by atoms with van der Waals surface area (Å²) in [7, 11) is 1.86. The molecule has 1 aliphatic rings. The third kappa shape index (κ3) is 5.03. The highest BCUT2D eigenvalue weighted by atomic mass is 127. The number of nitrogens with one attached hydrogen (secondary N) is 2. The first-order valence-electron chi connectivity index (χ1n) is 10.4. The van der Waals surface area contributed by atoms with Crippen LogP contribution in [0, 0.1) is 6.92 Å². The molecule has 3 heterocycles. The van der Waals surface area contributed by atoms with Crippen molar-refractivity contribution in [1.82, 2.24) is 25.0 Å². The molecule has 2 aromatic heterocycles. The van der Waals surface area contributed by atoms with Crippen molar-refractivity contribution in [3.8, 4) is 0 Å². The first-order valence-corrected chi connectivity index (χ1v) is 10.4. The summed E-state index contributed by atoms with van der Waals surface area (Å²) in [6.07, 6.45) is 6.53. The van der Waals surface area contributed by atoms with E-state index in [-0.39, 0.29) is 29.9 Å². The van der Waals surface area contributed by atoms with Crippen molar-refractivity contribution in [3.05, 3.63) is 47.9 Å². The van der Waals surface area contributed by atoms with Crippen LogP contribution >= 0.6 is 24.0 Å². The van der Waals surface area contributed by atoms with Crippen molar-refractivity contribution in [2.75, 3.05) is 37.6 Å². The van der Waals surface area contributed by atoms with Crippen molar-refractivity contribution in [2.45, 2.75) is 20.3 Å². The topological polar surface area (TPSA) is 81.6 Å². The molecule has 2 N–H and O–H groups in total. The number of amides is 1. The van der Waals surface area contributed by atoms with Crippen LogP contribution in [0.5, 0.6) is 0 Å². The van der Waals surface area contributed by atoms with E-state index in [2.05, 4.69) is 46.7 Å². The summed E-state index contributed by atoms with van der Waals surface area (Å²) in [5.74, 6) is 0.861. The Bertz CT molecular complexity index is 1070. The van der Waals surface area contributed by atoms with Crippen molar-refractivity contribution in [3.63, 3.8) is 0 Å². The Labute approximate surface area is 199 Å². The molecule has 0 saturated carbocycles. The number of piperazine rings is 1. The molecule has 0 unspecified atom stereocenters. The lowest BCUT2D eigenvalue weighted by atomic mass is 10.1. The lowest BCUT2D eigenvalue weighted by Gasteiger charge is -2.35. The molecule has 31 heavy (non-hydrogen) atoms. The zero-order valence-corrected chi connectivity index (χ0v) is 20.6. The van der Waals surface area contributed by atoms with Gasteiger partial charge in [0.05, 0.1) is 11.9 Å². The van der Waals surface area contributed by atoms with Crippen molar-refractivity contribution < 1.29 is 4.79 Å². The van der Waals surface area contributed by atoms with Crippen LogP contribution in [0.25, 0.3) is 10.9 Å². The zero-order chi connectivity index (χ0) is 21.1. The number of hydrogen-bond acceptors (Lipinski definition) is 3. The maximum Gasteiger partial charge on any atom is 0.246 e. The Hall–Kier alpha value is -2.56. The number of guanidine groups is 1. The molecule has 8 nitrogen and oxygen atoms in total. The van der Waals surface area contributed by atoms with Gasteiger partial charge >= 0.3 is 0 Å². The van der Waals surface area contributed by atoms with Gasteiger partial charge in [0.2, 0.25) is 5.91 Å². The van der Waals surface area contributed by atoms with E-state index < -0.39 is 0 Å². The van der Waals surface area contributed by atoms with Crippen molar-refractivity contribution in [2.24, 2.45) is 12.0 Å². The first kappa shape index (κ1) is 23.1. The average molecular weight is 535 g/mol. The number of aryl methyl sites for hydroxylation is 2. The predicted molar refractivity (Wildman–Crippen MR) is 135 cm³/mol. The van der Waals surface area contributed by atoms with E-state index in [0.717, 1.165) is 31.2 Å². The lowest BCUT2D eigenvalue weighted by Crippen LogP contribution is -2.55. The molecule has 0 radical (unpaired) electrons. The average Bonchev–Trinajstić information content (AvgIpc) is 3.34. The minimum atomic E-state index is 0. The highest BCUT2D eigenvalue weighted by Gasteiger charge is 2.27. The summed E-state index contributed by atoms with van der Waals surface area (Å²) in [5.41, 5.74) is 4.56. The van der Waals surface area contributed by atoms with Crippen LogP contribution in [0.3, 0.4) is 0 Å². The van der Waals surface area contributed by atoms with E-state index >= 15 is 0 Å². The molecule has 4 rings (SSSR count). The third-order valence-electron chi connectivity index (χ3n) is 5.51. The molecule has 0 bridgehead atoms. The number of carbonyl (C=O) groups excluding carboxylic acids is 1. The van der Waals surface area contributed by atoms with E-state index in [1.807, 2.05) is 25.1 Å². The lowest BCUT2D eigenvalue weighted by molar-refractivity contribution is -0.120. The monoisotopic (exact) mass is 535 g/mol. The van der Waals surface area contributed by atoms with E-state index in [4.69, 9.17) is 4.99 Å². The van der Waals surface area contributed by atoms with Gasteiger partial charge in [-0.15, -0.1) is 24.0 Å². The number of rotatable bonds is 5. The van der Waals surface area contributed by atoms with Gasteiger partial charge in [0, 0.05) is 56.5 Å². The van der Waals surface area contributed by atoms with Gasteiger partial charge in [0.1, 0.15) is 6.54 Å². The fourth-order valence-electron chi connectivity index (χ4n) is 3.95. The number of fused-ring (bicyclic) bond motifs is 1. The molecule has 0 aliphatic carbocycles. The van der Waals surface area contributed by atoms with Crippen molar-refractivity contribution in [1.29, 1.82) is 0 Å². The maximum absolute atomic E-state index is 12.7. The summed E-state index contributed by atoms with van der Waals surface area (Å²) < 4.78 is 1.71. The number of anilines is 1. The van der Waals surface area contributed by atoms with E-state index in [1.165, 1.54) is 22.0 Å². The smallest absolute Gasteiger partial charge is 0.246 e. The van der Waals surface area contributed by atoms with Gasteiger partial charge in [-0.05, 0) is 31.4 Å². The van der Waals surface area contributed by atoms with Gasteiger partial charge in [-0.3, -0.25) is 14.5 Å². The quantitative estimate of drug-likeness (QED) is 0.299. The molecule has 9 heteroatoms. The van der Waals surface area contributed by atoms with Crippen LogP contribution in [0.1, 0.15) is 18.1 Å². The van der Waals surface area contributed by atoms with E-state index in [0.29, 0.717) is 19.6 Å². The summed E-state index contributed by atoms with van der Waals surface area (Å²) in [6.45, 7) is 7.27. The summed E-state index contributed by atoms with van der Waals surface area (Å²) in [6, 6.07) is 6.36. The summed E-state index contributed by atoms with van der Waals surface area (Å²) >= 11 is 0. The fourth-order valence-corrected chi connectivity index (χ4v) is 3.95. The first-order chi connectivity index (χ1) is 14.6. The molecule has 0 atom stereocenters. The fraction of sp³-hybridized carbons (Fsp3) is 0.409. The highest BCUT2D eigenvalue weighted by molar-refractivity contribution is 14.0. The number of nitrogens with zero attached hydrogens (tertiary/aromatic N) is 5. The SMILES string of the molecule is CCNC(=NCCc1c[nH]c2c(C)cccc12)N1CCN(c2cnn(C)c2)C(=O)C1.I. The summed E-state index contributed by atoms with van der Waals surface area (Å²) in [5, 5.41) is 8.77. The minimum absolute atomic E-state index is 0. The largest absolute Gasteiger partial charge is 0.361 e. The summed E-state index contributed by atoms with van der Waals surface area (Å²) in [4.78, 5) is 24.7. The van der Waals surface area contributed by atoms with Gasteiger partial charge in [-0.2, -0.15) is 5.10 Å². The zero-order valence-electron chi connectivity index (χ0n) is 18.3. The Balaban J connectivity index is 0.00000272. The predicted octanol–water partition coefficient (Wildman–Crippen LogP) is 2.68. The van der Waals surface area contributed by atoms with Crippen LogP contribution in [-0.4, -0.2) is 64.3 Å². The number of aliphatic imine (C=N–C) groups is 1. The second-order valence-electron chi connectivity index (χ2n) is 7.64. The molecular formula is C22H30IN7O. The second kappa shape index (κ2) is 10.2. The Kier molecular flexibility index (Phi) is 7.58. The van der Waals surface area contributed by atoms with Crippen LogP contribution in [-0.2, 0) is 18.3 Å². The molecule has 1 aromatic carbocycles. The number of halogens is 1. The molecule has 1 fully saturated rings. The minimum Gasteiger partial charge on any atom is -0.361 e. The van der Waals surface area contributed by atoms with Crippen LogP contribution in [0.4, 0.5) is 5.69 Å². The normalized spacial score (nSPS) is 14.8. The molecule has 1 saturated heterocycles. The number of hydrogen-bond donors (Lipinski definition) is 2. The second-order valence-corrected chi connectivity index (χ2v) is 7.64. The van der Waals surface area contributed by atoms with E-state index in [9.17, 15) is 4.79 Å². The van der Waals surface area contributed by atoms with Crippen LogP contribution in [0.15, 0.2) is 41.8 Å². The number of H-pyrrole nitrogens is 1. The van der Waals surface area contributed by atoms with Gasteiger partial charge in [0.15, 0.2) is 5.96 Å². The van der Waals surface area contributed by atoms with Gasteiger partial charge in [0.25, 0.3) is 0 Å². The van der Waals surface area contributed by atoms with Gasteiger partial charge < -0.3 is 20.1 Å². The number of benzene rings is 1. The Morgan fingerprint density at radius 3 is 2.87 bits per heavy atom. The molecule has 166 valence electrons. The molecule has 0 spiro atoms. The van der Waals surface area contributed by atoms with Gasteiger partial charge in [-0.1, -0.05) is 18.2 Å². The van der Waals surface area contributed by atoms with Gasteiger partial charge in [-0.25, -0.2) is 0 Å². The number of carbonyl (C=O) groups is 1. The number of aromatic amines is 1. The molecule has 1 aliphatic heterocycles. The Morgan fingerprint density at radius 1 is 1.32 bits per heavy atom. The molecule has 1 amide bonds. The highest BCUT2D eigenvalue weighted by Crippen LogP contribution is 2.21. The van der Waals surface area contributed by atoms with Crippen molar-refractivity contribution >= 4 is 52.4 Å². The molecular weight excluding hydrogens is 505 g/mol. The standard InChI is InChI=1S/C22H29N7O.HI/c1-4-23-22(24-9-8-17-12-25-21-16(2)6-5-7-19(17)21)28-10-11-29(20(30)15-28)18-13-26-27(3)14-18;/h5-7,12-14,25H,4,8-11,15H2,1-3H3,(H,23,24);1H. The number of para-hydroxylation sites is 1.